The number of fused-ring (bicyclic) bond motifs is 1. The quantitative estimate of drug-likeness (QED) is 0.599. The lowest BCUT2D eigenvalue weighted by molar-refractivity contribution is -0.121. The average molecular weight is 365 g/mol. The van der Waals surface area contributed by atoms with Crippen molar-refractivity contribution in [1.82, 2.24) is 4.90 Å². The van der Waals surface area contributed by atoms with Crippen molar-refractivity contribution in [1.29, 1.82) is 0 Å². The molecule has 1 fully saturated rings. The second-order valence-electron chi connectivity index (χ2n) is 4.99. The maximum Gasteiger partial charge on any atom is 0.265 e. The molecule has 120 valence electrons. The SMILES string of the molecule is CCOc1ccc2c(c1)S/C(=C\C=C1/SC(=S)N(C)C1=O)N2C. The number of rotatable bonds is 3. The average Bonchev–Trinajstić information content (AvgIpc) is 2.97. The molecule has 4 nitrogen and oxygen atoms in total. The third kappa shape index (κ3) is 3.13. The summed E-state index contributed by atoms with van der Waals surface area (Å²) in [6, 6.07) is 6.08. The van der Waals surface area contributed by atoms with E-state index in [4.69, 9.17) is 17.0 Å². The Morgan fingerprint density at radius 2 is 2.00 bits per heavy atom. The molecular formula is C16H16N2O2S3. The van der Waals surface area contributed by atoms with E-state index in [1.54, 1.807) is 18.8 Å². The van der Waals surface area contributed by atoms with Crippen molar-refractivity contribution in [2.45, 2.75) is 11.8 Å². The van der Waals surface area contributed by atoms with Gasteiger partial charge < -0.3 is 9.64 Å². The molecule has 1 aromatic carbocycles. The van der Waals surface area contributed by atoms with Gasteiger partial charge in [-0.2, -0.15) is 0 Å². The summed E-state index contributed by atoms with van der Waals surface area (Å²) in [5.41, 5.74) is 1.14. The third-order valence-corrected chi connectivity index (χ3v) is 6.18. The highest BCUT2D eigenvalue weighted by Crippen LogP contribution is 2.46. The lowest BCUT2D eigenvalue weighted by Gasteiger charge is -2.13. The molecule has 1 amide bonds. The van der Waals surface area contributed by atoms with Gasteiger partial charge in [-0.3, -0.25) is 9.69 Å². The van der Waals surface area contributed by atoms with Crippen molar-refractivity contribution in [2.24, 2.45) is 0 Å². The molecule has 0 saturated carbocycles. The Bertz CT molecular complexity index is 743. The first-order chi connectivity index (χ1) is 11.0. The van der Waals surface area contributed by atoms with Crippen molar-refractivity contribution in [2.75, 3.05) is 25.6 Å². The molecule has 0 aromatic heterocycles. The van der Waals surface area contributed by atoms with Crippen LogP contribution in [-0.2, 0) is 4.79 Å². The summed E-state index contributed by atoms with van der Waals surface area (Å²) in [4.78, 5) is 17.4. The van der Waals surface area contributed by atoms with Gasteiger partial charge in [0.1, 0.15) is 10.1 Å². The molecule has 7 heteroatoms. The van der Waals surface area contributed by atoms with Gasteiger partial charge in [0.05, 0.1) is 22.2 Å². The van der Waals surface area contributed by atoms with E-state index < -0.39 is 0 Å². The van der Waals surface area contributed by atoms with E-state index in [-0.39, 0.29) is 5.91 Å². The Balaban J connectivity index is 1.83. The number of anilines is 1. The molecule has 0 radical (unpaired) electrons. The lowest BCUT2D eigenvalue weighted by Crippen LogP contribution is -2.22. The molecule has 2 aliphatic rings. The zero-order chi connectivity index (χ0) is 16.6. The molecule has 0 atom stereocenters. The van der Waals surface area contributed by atoms with Crippen LogP contribution in [0.4, 0.5) is 5.69 Å². The van der Waals surface area contributed by atoms with E-state index in [1.807, 2.05) is 38.3 Å². The van der Waals surface area contributed by atoms with Gasteiger partial charge in [0.2, 0.25) is 0 Å². The van der Waals surface area contributed by atoms with Crippen LogP contribution in [0.15, 0.2) is 45.2 Å². The van der Waals surface area contributed by atoms with E-state index in [0.717, 1.165) is 21.4 Å². The molecule has 1 aromatic rings. The number of thioether (sulfide) groups is 2. The summed E-state index contributed by atoms with van der Waals surface area (Å²) in [5.74, 6) is 0.832. The first kappa shape index (κ1) is 16.4. The van der Waals surface area contributed by atoms with Gasteiger partial charge in [-0.05, 0) is 37.3 Å². The number of allylic oxidation sites excluding steroid dienone is 2. The number of nitrogens with zero attached hydrogens (tertiary/aromatic N) is 2. The Hall–Kier alpha value is -1.44. The summed E-state index contributed by atoms with van der Waals surface area (Å²) in [6.07, 6.45) is 3.81. The Morgan fingerprint density at radius 3 is 2.65 bits per heavy atom. The predicted molar refractivity (Wildman–Crippen MR) is 101 cm³/mol. The minimum atomic E-state index is -0.0429. The molecule has 23 heavy (non-hydrogen) atoms. The molecular weight excluding hydrogens is 348 g/mol. The van der Waals surface area contributed by atoms with E-state index in [0.29, 0.717) is 15.8 Å². The van der Waals surface area contributed by atoms with Crippen LogP contribution in [0.3, 0.4) is 0 Å². The predicted octanol–water partition coefficient (Wildman–Crippen LogP) is 3.84. The van der Waals surface area contributed by atoms with Gasteiger partial charge in [0.25, 0.3) is 5.91 Å². The number of hydrogen-bond donors (Lipinski definition) is 0. The maximum atomic E-state index is 12.0. The second kappa shape index (κ2) is 6.59. The number of carbonyl (C=O) groups excluding carboxylic acids is 1. The van der Waals surface area contributed by atoms with Crippen LogP contribution in [0.2, 0.25) is 0 Å². The number of benzene rings is 1. The van der Waals surface area contributed by atoms with E-state index in [2.05, 4.69) is 11.0 Å². The second-order valence-corrected chi connectivity index (χ2v) is 7.73. The topological polar surface area (TPSA) is 32.8 Å². The largest absolute Gasteiger partial charge is 0.494 e. The minimum absolute atomic E-state index is 0.0429. The number of hydrogen-bond acceptors (Lipinski definition) is 6. The third-order valence-electron chi connectivity index (χ3n) is 3.51. The van der Waals surface area contributed by atoms with Gasteiger partial charge in [-0.1, -0.05) is 35.7 Å². The number of ether oxygens (including phenoxy) is 1. The van der Waals surface area contributed by atoms with Crippen molar-refractivity contribution >= 4 is 51.7 Å². The maximum absolute atomic E-state index is 12.0. The Labute approximate surface area is 149 Å². The molecule has 0 spiro atoms. The van der Waals surface area contributed by atoms with Crippen LogP contribution in [0.25, 0.3) is 0 Å². The molecule has 3 rings (SSSR count). The Morgan fingerprint density at radius 1 is 1.22 bits per heavy atom. The summed E-state index contributed by atoms with van der Waals surface area (Å²) < 4.78 is 6.14. The molecule has 0 aliphatic carbocycles. The highest BCUT2D eigenvalue weighted by Gasteiger charge is 2.28. The summed E-state index contributed by atoms with van der Waals surface area (Å²) in [6.45, 7) is 2.63. The van der Waals surface area contributed by atoms with Crippen LogP contribution >= 0.6 is 35.7 Å². The zero-order valence-electron chi connectivity index (χ0n) is 13.0. The Kier molecular flexibility index (Phi) is 4.70. The zero-order valence-corrected chi connectivity index (χ0v) is 15.5. The van der Waals surface area contributed by atoms with Crippen molar-refractivity contribution in [3.05, 3.63) is 40.3 Å². The minimum Gasteiger partial charge on any atom is -0.494 e. The van der Waals surface area contributed by atoms with Crippen LogP contribution in [0.1, 0.15) is 6.92 Å². The molecule has 1 saturated heterocycles. The molecule has 2 aliphatic heterocycles. The monoisotopic (exact) mass is 364 g/mol. The summed E-state index contributed by atoms with van der Waals surface area (Å²) >= 11 is 8.14. The van der Waals surface area contributed by atoms with Crippen LogP contribution in [0.5, 0.6) is 5.75 Å². The molecule has 0 unspecified atom stereocenters. The highest BCUT2D eigenvalue weighted by atomic mass is 32.2. The smallest absolute Gasteiger partial charge is 0.265 e. The van der Waals surface area contributed by atoms with Crippen LogP contribution < -0.4 is 9.64 Å². The normalized spacial score (nSPS) is 20.8. The molecule has 2 heterocycles. The number of likely N-dealkylation sites (N-methyl/N-ethyl adjacent to an activating group) is 1. The first-order valence-electron chi connectivity index (χ1n) is 7.11. The van der Waals surface area contributed by atoms with E-state index in [9.17, 15) is 4.79 Å². The highest BCUT2D eigenvalue weighted by molar-refractivity contribution is 8.26. The van der Waals surface area contributed by atoms with Gasteiger partial charge in [-0.15, -0.1) is 0 Å². The van der Waals surface area contributed by atoms with E-state index >= 15 is 0 Å². The van der Waals surface area contributed by atoms with Crippen molar-refractivity contribution < 1.29 is 9.53 Å². The number of thiocarbonyl (C=S) groups is 1. The summed E-state index contributed by atoms with van der Waals surface area (Å²) in [7, 11) is 3.72. The van der Waals surface area contributed by atoms with E-state index in [1.165, 1.54) is 16.7 Å². The van der Waals surface area contributed by atoms with Crippen molar-refractivity contribution in [3.8, 4) is 5.75 Å². The fraction of sp³-hybridized carbons (Fsp3) is 0.250. The molecule has 0 N–H and O–H groups in total. The van der Waals surface area contributed by atoms with Gasteiger partial charge in [0.15, 0.2) is 0 Å². The van der Waals surface area contributed by atoms with Crippen LogP contribution in [0, 0.1) is 0 Å². The van der Waals surface area contributed by atoms with Gasteiger partial charge in [0, 0.05) is 19.0 Å². The van der Waals surface area contributed by atoms with Crippen molar-refractivity contribution in [3.63, 3.8) is 0 Å². The lowest BCUT2D eigenvalue weighted by atomic mass is 10.3. The van der Waals surface area contributed by atoms with Gasteiger partial charge in [-0.25, -0.2) is 0 Å². The number of amides is 1. The fourth-order valence-electron chi connectivity index (χ4n) is 2.26. The standard InChI is InChI=1S/C16H16N2O2S3/c1-4-20-10-5-6-11-13(9-10)22-14(17(11)2)8-7-12-15(19)18(3)16(21)23-12/h5-9H,4H2,1-3H3/b12-7-,14-8-. The first-order valence-corrected chi connectivity index (χ1v) is 9.15. The number of carbonyl (C=O) groups is 1. The molecule has 0 bridgehead atoms. The fourth-order valence-corrected chi connectivity index (χ4v) is 4.46. The summed E-state index contributed by atoms with van der Waals surface area (Å²) in [5, 5.41) is 1.06. The van der Waals surface area contributed by atoms with Gasteiger partial charge >= 0.3 is 0 Å². The van der Waals surface area contributed by atoms with Crippen LogP contribution in [-0.4, -0.2) is 35.8 Å².